The summed E-state index contributed by atoms with van der Waals surface area (Å²) in [5, 5.41) is 3.37. The van der Waals surface area contributed by atoms with Gasteiger partial charge in [-0.15, -0.1) is 0 Å². The average Bonchev–Trinajstić information content (AvgIpc) is 3.56. The smallest absolute Gasteiger partial charge is 0.254 e. The van der Waals surface area contributed by atoms with Crippen LogP contribution in [0.4, 0.5) is 5.69 Å². The number of hydrogen-bond acceptors (Lipinski definition) is 6. The summed E-state index contributed by atoms with van der Waals surface area (Å²) in [6.45, 7) is 6.11. The highest BCUT2D eigenvalue weighted by Gasteiger charge is 2.29. The van der Waals surface area contributed by atoms with Crippen molar-refractivity contribution < 1.29 is 19.1 Å². The Kier molecular flexibility index (Phi) is 10.4. The number of carbonyl (C=O) groups excluding carboxylic acids is 3. The van der Waals surface area contributed by atoms with Gasteiger partial charge in [0.15, 0.2) is 0 Å². The van der Waals surface area contributed by atoms with Crippen molar-refractivity contribution in [3.8, 4) is 5.75 Å². The molecular weight excluding hydrogens is 542 g/mol. The molecule has 2 saturated heterocycles. The standard InChI is InChI=1S/C34H47N5O4/c1-24-19-27(21-28(20-24)37(2)32(40)9-6-13-35)34(42)39-17-15-38(16-18-39)33(41)26-10-11-31(43-29-12-14-36-23-29)30(22-26)25-7-4-3-5-8-25/h10-11,19-22,25,29,36H,3-9,12-18,23,35H2,1-2H3/t29-/m0/s1. The first-order valence-corrected chi connectivity index (χ1v) is 16.0. The van der Waals surface area contributed by atoms with E-state index in [4.69, 9.17) is 10.5 Å². The van der Waals surface area contributed by atoms with E-state index < -0.39 is 0 Å². The normalized spacial score (nSPS) is 19.4. The summed E-state index contributed by atoms with van der Waals surface area (Å²) in [6, 6.07) is 11.5. The third-order valence-corrected chi connectivity index (χ3v) is 9.13. The Morgan fingerprint density at radius 3 is 2.28 bits per heavy atom. The number of carbonyl (C=O) groups is 3. The maximum atomic E-state index is 13.7. The van der Waals surface area contributed by atoms with Gasteiger partial charge in [-0.1, -0.05) is 19.3 Å². The second-order valence-electron chi connectivity index (χ2n) is 12.3. The number of benzene rings is 2. The van der Waals surface area contributed by atoms with Gasteiger partial charge in [0.1, 0.15) is 11.9 Å². The molecule has 1 saturated carbocycles. The van der Waals surface area contributed by atoms with Crippen molar-refractivity contribution in [3.05, 3.63) is 58.7 Å². The summed E-state index contributed by atoms with van der Waals surface area (Å²) < 4.78 is 6.43. The topological polar surface area (TPSA) is 108 Å². The second kappa shape index (κ2) is 14.4. The lowest BCUT2D eigenvalue weighted by Gasteiger charge is -2.35. The molecule has 1 atom stereocenters. The van der Waals surface area contributed by atoms with E-state index in [1.807, 2.05) is 36.1 Å². The molecule has 0 spiro atoms. The number of hydrogen-bond donors (Lipinski definition) is 2. The molecule has 2 aromatic carbocycles. The van der Waals surface area contributed by atoms with Crippen molar-refractivity contribution in [1.82, 2.24) is 15.1 Å². The van der Waals surface area contributed by atoms with Crippen LogP contribution in [0.25, 0.3) is 0 Å². The zero-order valence-electron chi connectivity index (χ0n) is 25.8. The predicted octanol–water partition coefficient (Wildman–Crippen LogP) is 4.08. The summed E-state index contributed by atoms with van der Waals surface area (Å²) in [4.78, 5) is 45.0. The second-order valence-corrected chi connectivity index (χ2v) is 12.3. The van der Waals surface area contributed by atoms with E-state index in [1.165, 1.54) is 24.8 Å². The predicted molar refractivity (Wildman–Crippen MR) is 169 cm³/mol. The third-order valence-electron chi connectivity index (χ3n) is 9.13. The minimum Gasteiger partial charge on any atom is -0.489 e. The third kappa shape index (κ3) is 7.57. The molecule has 3 fully saturated rings. The number of aryl methyl sites for hydroxylation is 1. The molecule has 5 rings (SSSR count). The summed E-state index contributed by atoms with van der Waals surface area (Å²) in [5.41, 5.74) is 9.61. The van der Waals surface area contributed by atoms with E-state index >= 15 is 0 Å². The molecule has 3 aliphatic rings. The monoisotopic (exact) mass is 589 g/mol. The van der Waals surface area contributed by atoms with Crippen LogP contribution in [-0.2, 0) is 4.79 Å². The zero-order chi connectivity index (χ0) is 30.3. The molecule has 3 N–H and O–H groups in total. The van der Waals surface area contributed by atoms with Crippen LogP contribution >= 0.6 is 0 Å². The van der Waals surface area contributed by atoms with E-state index in [1.54, 1.807) is 22.9 Å². The summed E-state index contributed by atoms with van der Waals surface area (Å²) in [7, 11) is 1.73. The summed E-state index contributed by atoms with van der Waals surface area (Å²) >= 11 is 0. The lowest BCUT2D eigenvalue weighted by molar-refractivity contribution is -0.118. The van der Waals surface area contributed by atoms with Crippen molar-refractivity contribution in [2.24, 2.45) is 5.73 Å². The van der Waals surface area contributed by atoms with Crippen LogP contribution in [0.3, 0.4) is 0 Å². The highest BCUT2D eigenvalue weighted by Crippen LogP contribution is 2.39. The van der Waals surface area contributed by atoms with Crippen molar-refractivity contribution in [2.75, 3.05) is 57.8 Å². The molecular formula is C34H47N5O4. The van der Waals surface area contributed by atoms with Crippen LogP contribution in [0, 0.1) is 6.92 Å². The van der Waals surface area contributed by atoms with Gasteiger partial charge in [0.2, 0.25) is 5.91 Å². The number of nitrogens with two attached hydrogens (primary N) is 1. The van der Waals surface area contributed by atoms with E-state index in [0.717, 1.165) is 43.7 Å². The van der Waals surface area contributed by atoms with Gasteiger partial charge in [0, 0.05) is 63.0 Å². The van der Waals surface area contributed by atoms with E-state index in [0.29, 0.717) is 68.3 Å². The van der Waals surface area contributed by atoms with Gasteiger partial charge in [-0.2, -0.15) is 0 Å². The maximum Gasteiger partial charge on any atom is 0.254 e. The average molecular weight is 590 g/mol. The van der Waals surface area contributed by atoms with Crippen LogP contribution in [0.5, 0.6) is 5.75 Å². The minimum absolute atomic E-state index is 0.00806. The molecule has 2 aliphatic heterocycles. The van der Waals surface area contributed by atoms with Crippen molar-refractivity contribution in [3.63, 3.8) is 0 Å². The number of piperazine rings is 1. The number of nitrogens with zero attached hydrogens (tertiary/aromatic N) is 3. The minimum atomic E-state index is -0.0812. The lowest BCUT2D eigenvalue weighted by Crippen LogP contribution is -2.50. The number of ether oxygens (including phenoxy) is 1. The molecule has 9 heteroatoms. The molecule has 0 unspecified atom stereocenters. The summed E-state index contributed by atoms with van der Waals surface area (Å²) in [6.07, 6.45) is 8.15. The van der Waals surface area contributed by atoms with Gasteiger partial charge in [0.25, 0.3) is 11.8 Å². The Morgan fingerprint density at radius 1 is 0.930 bits per heavy atom. The van der Waals surface area contributed by atoms with Crippen LogP contribution in [0.2, 0.25) is 0 Å². The fourth-order valence-electron chi connectivity index (χ4n) is 6.55. The Morgan fingerprint density at radius 2 is 1.63 bits per heavy atom. The first-order chi connectivity index (χ1) is 20.8. The SMILES string of the molecule is Cc1cc(C(=O)N2CCN(C(=O)c3ccc(O[C@H]4CCNC4)c(C4CCCCC4)c3)CC2)cc(N(C)C(=O)CCCN)c1. The first kappa shape index (κ1) is 31.0. The number of rotatable bonds is 9. The van der Waals surface area contributed by atoms with E-state index in [9.17, 15) is 14.4 Å². The molecule has 43 heavy (non-hydrogen) atoms. The molecule has 1 aliphatic carbocycles. The van der Waals surface area contributed by atoms with Crippen LogP contribution in [0.15, 0.2) is 36.4 Å². The Bertz CT molecular complexity index is 1290. The molecule has 9 nitrogen and oxygen atoms in total. The number of anilines is 1. The fourth-order valence-corrected chi connectivity index (χ4v) is 6.55. The quantitative estimate of drug-likeness (QED) is 0.456. The zero-order valence-corrected chi connectivity index (χ0v) is 25.8. The van der Waals surface area contributed by atoms with Crippen LogP contribution in [-0.4, -0.2) is 86.5 Å². The Labute approximate surface area is 255 Å². The molecule has 2 heterocycles. The lowest BCUT2D eigenvalue weighted by atomic mass is 9.83. The van der Waals surface area contributed by atoms with Crippen molar-refractivity contribution >= 4 is 23.4 Å². The maximum absolute atomic E-state index is 13.7. The number of nitrogens with one attached hydrogen (secondary N) is 1. The van der Waals surface area contributed by atoms with E-state index in [2.05, 4.69) is 11.4 Å². The van der Waals surface area contributed by atoms with Gasteiger partial charge >= 0.3 is 0 Å². The fraction of sp³-hybridized carbons (Fsp3) is 0.559. The van der Waals surface area contributed by atoms with Crippen LogP contribution < -0.4 is 20.7 Å². The van der Waals surface area contributed by atoms with Crippen LogP contribution in [0.1, 0.15) is 89.1 Å². The van der Waals surface area contributed by atoms with Gasteiger partial charge in [-0.05, 0) is 99.1 Å². The van der Waals surface area contributed by atoms with Gasteiger partial charge in [-0.25, -0.2) is 0 Å². The molecule has 0 radical (unpaired) electrons. The molecule has 0 aromatic heterocycles. The highest BCUT2D eigenvalue weighted by molar-refractivity contribution is 5.99. The molecule has 232 valence electrons. The molecule has 0 bridgehead atoms. The number of amides is 3. The van der Waals surface area contributed by atoms with Gasteiger partial charge in [0.05, 0.1) is 0 Å². The van der Waals surface area contributed by atoms with Gasteiger partial charge in [-0.3, -0.25) is 14.4 Å². The highest BCUT2D eigenvalue weighted by atomic mass is 16.5. The van der Waals surface area contributed by atoms with E-state index in [-0.39, 0.29) is 23.8 Å². The Hall–Kier alpha value is -3.43. The van der Waals surface area contributed by atoms with Crippen molar-refractivity contribution in [1.29, 1.82) is 0 Å². The largest absolute Gasteiger partial charge is 0.489 e. The molecule has 2 aromatic rings. The Balaban J connectivity index is 1.24. The van der Waals surface area contributed by atoms with Crippen molar-refractivity contribution in [2.45, 2.75) is 70.3 Å². The first-order valence-electron chi connectivity index (χ1n) is 16.0. The van der Waals surface area contributed by atoms with Gasteiger partial charge < -0.3 is 30.5 Å². The molecule has 3 amide bonds. The summed E-state index contributed by atoms with van der Waals surface area (Å²) in [5.74, 6) is 1.26.